The lowest BCUT2D eigenvalue weighted by molar-refractivity contribution is -0.909. The fraction of sp³-hybridized carbons (Fsp3) is 0.545. The molecule has 1 N–H and O–H groups in total. The van der Waals surface area contributed by atoms with Gasteiger partial charge >= 0.3 is 0 Å². The molecule has 4 rings (SSSR count). The highest BCUT2D eigenvalue weighted by Crippen LogP contribution is 2.31. The number of aromatic nitrogens is 2. The van der Waals surface area contributed by atoms with Crippen LogP contribution in [0.2, 0.25) is 0 Å². The van der Waals surface area contributed by atoms with Crippen LogP contribution in [0, 0.1) is 6.92 Å². The lowest BCUT2D eigenvalue weighted by atomic mass is 10.1. The monoisotopic (exact) mass is 399 g/mol. The first-order chi connectivity index (χ1) is 14.0. The fourth-order valence-electron chi connectivity index (χ4n) is 4.39. The van der Waals surface area contributed by atoms with E-state index >= 15 is 0 Å². The molecule has 156 valence electrons. The van der Waals surface area contributed by atoms with E-state index in [-0.39, 0.29) is 5.91 Å². The van der Waals surface area contributed by atoms with Crippen molar-refractivity contribution < 1.29 is 19.2 Å². The second-order valence-corrected chi connectivity index (χ2v) is 8.06. The number of hydrogen-bond acceptors (Lipinski definition) is 4. The zero-order valence-electron chi connectivity index (χ0n) is 17.6. The van der Waals surface area contributed by atoms with Crippen molar-refractivity contribution in [1.29, 1.82) is 0 Å². The molecule has 3 heterocycles. The smallest absolute Gasteiger partial charge is 0.274 e. The van der Waals surface area contributed by atoms with Gasteiger partial charge in [-0.2, -0.15) is 5.10 Å². The molecule has 1 fully saturated rings. The van der Waals surface area contributed by atoms with Gasteiger partial charge < -0.3 is 19.3 Å². The number of aryl methyl sites for hydroxylation is 2. The highest BCUT2D eigenvalue weighted by molar-refractivity contribution is 5.92. The number of rotatable bonds is 6. The van der Waals surface area contributed by atoms with Crippen molar-refractivity contribution in [3.05, 3.63) is 41.2 Å². The van der Waals surface area contributed by atoms with Crippen LogP contribution < -0.4 is 14.4 Å². The molecule has 0 aliphatic carbocycles. The summed E-state index contributed by atoms with van der Waals surface area (Å²) in [7, 11) is 1.87. The Bertz CT molecular complexity index is 859. The van der Waals surface area contributed by atoms with Gasteiger partial charge in [0.2, 0.25) is 0 Å². The molecular weight excluding hydrogens is 368 g/mol. The minimum Gasteiger partial charge on any atom is -0.486 e. The summed E-state index contributed by atoms with van der Waals surface area (Å²) < 4.78 is 13.1. The van der Waals surface area contributed by atoms with E-state index in [1.54, 1.807) is 9.58 Å². The lowest BCUT2D eigenvalue weighted by Crippen LogP contribution is -3.14. The number of fused-ring (bicyclic) bond motifs is 1. The molecular formula is C22H31N4O3+. The van der Waals surface area contributed by atoms with Crippen LogP contribution in [0.5, 0.6) is 11.5 Å². The Morgan fingerprint density at radius 3 is 2.79 bits per heavy atom. The van der Waals surface area contributed by atoms with Crippen molar-refractivity contribution in [1.82, 2.24) is 14.7 Å². The molecule has 1 aromatic carbocycles. The van der Waals surface area contributed by atoms with Gasteiger partial charge in [-0.05, 0) is 37.6 Å². The van der Waals surface area contributed by atoms with E-state index in [1.165, 1.54) is 13.0 Å². The first kappa shape index (κ1) is 19.8. The Hall–Kier alpha value is -2.54. The molecule has 0 spiro atoms. The molecule has 1 amide bonds. The number of ether oxygens (including phenoxy) is 2. The van der Waals surface area contributed by atoms with Gasteiger partial charge in [-0.3, -0.25) is 9.48 Å². The third-order valence-corrected chi connectivity index (χ3v) is 6.12. The molecule has 1 aromatic heterocycles. The van der Waals surface area contributed by atoms with E-state index in [0.717, 1.165) is 42.3 Å². The van der Waals surface area contributed by atoms with Crippen molar-refractivity contribution in [3.63, 3.8) is 0 Å². The number of amides is 1. The number of quaternary nitrogens is 1. The first-order valence-electron chi connectivity index (χ1n) is 10.6. The van der Waals surface area contributed by atoms with Crippen LogP contribution in [0.25, 0.3) is 0 Å². The number of hydrogen-bond donors (Lipinski definition) is 1. The van der Waals surface area contributed by atoms with Crippen molar-refractivity contribution >= 4 is 5.91 Å². The highest BCUT2D eigenvalue weighted by Gasteiger charge is 2.31. The zero-order chi connectivity index (χ0) is 20.4. The lowest BCUT2D eigenvalue weighted by Gasteiger charge is -2.28. The van der Waals surface area contributed by atoms with Crippen molar-refractivity contribution in [3.8, 4) is 11.5 Å². The van der Waals surface area contributed by atoms with E-state index in [9.17, 15) is 4.79 Å². The maximum atomic E-state index is 13.4. The quantitative estimate of drug-likeness (QED) is 0.793. The van der Waals surface area contributed by atoms with Gasteiger partial charge in [-0.25, -0.2) is 0 Å². The maximum absolute atomic E-state index is 13.4. The second kappa shape index (κ2) is 8.45. The van der Waals surface area contributed by atoms with Gasteiger partial charge in [-0.15, -0.1) is 0 Å². The minimum absolute atomic E-state index is 0.00839. The topological polar surface area (TPSA) is 61.0 Å². The van der Waals surface area contributed by atoms with Crippen molar-refractivity contribution in [2.24, 2.45) is 7.05 Å². The maximum Gasteiger partial charge on any atom is 0.274 e. The van der Waals surface area contributed by atoms with Gasteiger partial charge in [0, 0.05) is 32.1 Å². The molecule has 2 aliphatic rings. The Balaban J connectivity index is 1.58. The van der Waals surface area contributed by atoms with Crippen LogP contribution in [-0.4, -0.2) is 59.5 Å². The number of likely N-dealkylation sites (N-methyl/N-ethyl adjacent to an activating group) is 1. The fourth-order valence-corrected chi connectivity index (χ4v) is 4.39. The van der Waals surface area contributed by atoms with Crippen LogP contribution in [0.15, 0.2) is 24.3 Å². The average molecular weight is 400 g/mol. The molecule has 29 heavy (non-hydrogen) atoms. The summed E-state index contributed by atoms with van der Waals surface area (Å²) in [6, 6.07) is 8.31. The SMILES string of the molecule is CC[NH+]1CCC[C@@H]1CN(Cc1ccc2c(c1)OCCO2)C(=O)c1cc(C)n(C)n1. The predicted molar refractivity (Wildman–Crippen MR) is 110 cm³/mol. The average Bonchev–Trinajstić information content (AvgIpc) is 3.32. The molecule has 0 saturated carbocycles. The van der Waals surface area contributed by atoms with Crippen LogP contribution in [0.3, 0.4) is 0 Å². The molecule has 7 heteroatoms. The number of nitrogens with zero attached hydrogens (tertiary/aromatic N) is 3. The Kier molecular flexibility index (Phi) is 5.76. The van der Waals surface area contributed by atoms with E-state index in [0.29, 0.717) is 31.5 Å². The highest BCUT2D eigenvalue weighted by atomic mass is 16.6. The standard InChI is InChI=1S/C22H30N4O3/c1-4-25-9-5-6-18(25)15-26(22(27)19-12-16(2)24(3)23-19)14-17-7-8-20-21(13-17)29-11-10-28-20/h7-8,12-13,18H,4-6,9-11,14-15H2,1-3H3/p+1/t18-/m1/s1. The van der Waals surface area contributed by atoms with Gasteiger partial charge in [0.1, 0.15) is 19.3 Å². The second-order valence-electron chi connectivity index (χ2n) is 8.06. The Morgan fingerprint density at radius 1 is 1.28 bits per heavy atom. The van der Waals surface area contributed by atoms with Crippen LogP contribution in [0.4, 0.5) is 0 Å². The van der Waals surface area contributed by atoms with Crippen LogP contribution in [0.1, 0.15) is 41.5 Å². The molecule has 7 nitrogen and oxygen atoms in total. The number of carbonyl (C=O) groups is 1. The number of benzene rings is 1. The summed E-state index contributed by atoms with van der Waals surface area (Å²) in [5, 5.41) is 4.43. The van der Waals surface area contributed by atoms with Gasteiger partial charge in [0.05, 0.1) is 19.6 Å². The molecule has 1 saturated heterocycles. The molecule has 2 aromatic rings. The third kappa shape index (κ3) is 4.24. The summed E-state index contributed by atoms with van der Waals surface area (Å²) in [4.78, 5) is 16.9. The molecule has 1 unspecified atom stereocenters. The van der Waals surface area contributed by atoms with Gasteiger partial charge in [0.25, 0.3) is 5.91 Å². The zero-order valence-corrected chi connectivity index (χ0v) is 17.6. The Labute approximate surface area is 172 Å². The first-order valence-corrected chi connectivity index (χ1v) is 10.6. The summed E-state index contributed by atoms with van der Waals surface area (Å²) in [5.74, 6) is 1.53. The largest absolute Gasteiger partial charge is 0.486 e. The van der Waals surface area contributed by atoms with Crippen LogP contribution >= 0.6 is 0 Å². The third-order valence-electron chi connectivity index (χ3n) is 6.12. The molecule has 0 radical (unpaired) electrons. The van der Waals surface area contributed by atoms with Crippen molar-refractivity contribution in [2.45, 2.75) is 39.3 Å². The normalized spacial score (nSPS) is 20.7. The summed E-state index contributed by atoms with van der Waals surface area (Å²) in [6.45, 7) is 8.90. The number of likely N-dealkylation sites (tertiary alicyclic amines) is 1. The number of nitrogens with one attached hydrogen (secondary N) is 1. The van der Waals surface area contributed by atoms with Crippen LogP contribution in [-0.2, 0) is 13.6 Å². The molecule has 2 atom stereocenters. The van der Waals surface area contributed by atoms with Crippen molar-refractivity contribution in [2.75, 3.05) is 32.8 Å². The number of carbonyl (C=O) groups excluding carboxylic acids is 1. The van der Waals surface area contributed by atoms with E-state index in [4.69, 9.17) is 9.47 Å². The summed E-state index contributed by atoms with van der Waals surface area (Å²) in [5.41, 5.74) is 2.54. The predicted octanol–water partition coefficient (Wildman–Crippen LogP) is 1.21. The van der Waals surface area contributed by atoms with E-state index in [2.05, 4.69) is 12.0 Å². The summed E-state index contributed by atoms with van der Waals surface area (Å²) >= 11 is 0. The van der Waals surface area contributed by atoms with E-state index in [1.807, 2.05) is 43.1 Å². The molecule has 0 bridgehead atoms. The van der Waals surface area contributed by atoms with Gasteiger partial charge in [0.15, 0.2) is 17.2 Å². The Morgan fingerprint density at radius 2 is 2.07 bits per heavy atom. The minimum atomic E-state index is -0.00839. The van der Waals surface area contributed by atoms with E-state index < -0.39 is 0 Å². The summed E-state index contributed by atoms with van der Waals surface area (Å²) in [6.07, 6.45) is 2.39. The molecule has 2 aliphatic heterocycles. The van der Waals surface area contributed by atoms with Gasteiger partial charge in [-0.1, -0.05) is 6.07 Å².